The summed E-state index contributed by atoms with van der Waals surface area (Å²) >= 11 is 11.5. The second-order valence-electron chi connectivity index (χ2n) is 4.46. The molecule has 2 rings (SSSR count). The molecule has 0 fully saturated rings. The van der Waals surface area contributed by atoms with Crippen LogP contribution in [-0.2, 0) is 0 Å². The topological polar surface area (TPSA) is 55.2 Å². The molecule has 0 heterocycles. The lowest BCUT2D eigenvalue weighted by atomic mass is 10.1. The first-order valence-corrected chi connectivity index (χ1v) is 6.79. The molecule has 0 amide bonds. The standard InChI is InChI=1S/C14H11Cl2FN2O2/c1-8(9-2-4-12(17)11(16)6-9)18-13-5-3-10(15)7-14(13)19(20)21/h2-8,18H,1H3. The van der Waals surface area contributed by atoms with Crippen molar-refractivity contribution in [2.24, 2.45) is 0 Å². The Labute approximate surface area is 130 Å². The van der Waals surface area contributed by atoms with Gasteiger partial charge in [0.2, 0.25) is 0 Å². The quantitative estimate of drug-likeness (QED) is 0.618. The minimum Gasteiger partial charge on any atom is -0.373 e. The highest BCUT2D eigenvalue weighted by Gasteiger charge is 2.17. The van der Waals surface area contributed by atoms with Crippen molar-refractivity contribution < 1.29 is 9.31 Å². The van der Waals surface area contributed by atoms with Crippen LogP contribution >= 0.6 is 23.2 Å². The van der Waals surface area contributed by atoms with E-state index < -0.39 is 10.7 Å². The molecule has 0 radical (unpaired) electrons. The van der Waals surface area contributed by atoms with Crippen LogP contribution in [0.2, 0.25) is 10.0 Å². The number of nitrogens with one attached hydrogen (secondary N) is 1. The van der Waals surface area contributed by atoms with Crippen molar-refractivity contribution >= 4 is 34.6 Å². The maximum absolute atomic E-state index is 13.1. The van der Waals surface area contributed by atoms with Crippen LogP contribution in [0.3, 0.4) is 0 Å². The Kier molecular flexibility index (Phi) is 4.65. The molecule has 0 saturated carbocycles. The predicted molar refractivity (Wildman–Crippen MR) is 81.6 cm³/mol. The number of nitrogens with zero attached hydrogens (tertiary/aromatic N) is 1. The van der Waals surface area contributed by atoms with E-state index in [0.29, 0.717) is 11.3 Å². The van der Waals surface area contributed by atoms with E-state index in [0.717, 1.165) is 0 Å². The number of nitro groups is 1. The Morgan fingerprint density at radius 1 is 1.24 bits per heavy atom. The van der Waals surface area contributed by atoms with Gasteiger partial charge in [-0.25, -0.2) is 4.39 Å². The molecule has 0 aliphatic heterocycles. The minimum atomic E-state index is -0.515. The monoisotopic (exact) mass is 328 g/mol. The van der Waals surface area contributed by atoms with Crippen LogP contribution in [0, 0.1) is 15.9 Å². The Morgan fingerprint density at radius 3 is 2.57 bits per heavy atom. The lowest BCUT2D eigenvalue weighted by Gasteiger charge is -2.16. The van der Waals surface area contributed by atoms with Crippen molar-refractivity contribution in [3.8, 4) is 0 Å². The Bertz CT molecular complexity index is 695. The summed E-state index contributed by atoms with van der Waals surface area (Å²) in [5, 5.41) is 14.3. The molecule has 1 N–H and O–H groups in total. The van der Waals surface area contributed by atoms with Crippen LogP contribution in [0.15, 0.2) is 36.4 Å². The van der Waals surface area contributed by atoms with Crippen LogP contribution < -0.4 is 5.32 Å². The van der Waals surface area contributed by atoms with Gasteiger partial charge in [0.1, 0.15) is 11.5 Å². The van der Waals surface area contributed by atoms with Gasteiger partial charge in [0.05, 0.1) is 9.95 Å². The Morgan fingerprint density at radius 2 is 1.95 bits per heavy atom. The molecular weight excluding hydrogens is 318 g/mol. The normalized spacial score (nSPS) is 12.0. The second-order valence-corrected chi connectivity index (χ2v) is 5.30. The fraction of sp³-hybridized carbons (Fsp3) is 0.143. The molecule has 2 aromatic carbocycles. The van der Waals surface area contributed by atoms with E-state index in [1.54, 1.807) is 19.1 Å². The van der Waals surface area contributed by atoms with Crippen molar-refractivity contribution in [2.45, 2.75) is 13.0 Å². The fourth-order valence-corrected chi connectivity index (χ4v) is 2.23. The average molecular weight is 329 g/mol. The molecule has 21 heavy (non-hydrogen) atoms. The highest BCUT2D eigenvalue weighted by Crippen LogP contribution is 2.31. The molecular formula is C14H11Cl2FN2O2. The molecule has 2 aromatic rings. The number of hydrogen-bond donors (Lipinski definition) is 1. The third kappa shape index (κ3) is 3.62. The van der Waals surface area contributed by atoms with Gasteiger partial charge in [-0.2, -0.15) is 0 Å². The summed E-state index contributed by atoms with van der Waals surface area (Å²) in [6.45, 7) is 1.79. The van der Waals surface area contributed by atoms with Crippen molar-refractivity contribution in [1.82, 2.24) is 0 Å². The SMILES string of the molecule is CC(Nc1ccc(Cl)cc1[N+](=O)[O-])c1ccc(F)c(Cl)c1. The molecule has 0 saturated heterocycles. The zero-order chi connectivity index (χ0) is 15.6. The first kappa shape index (κ1) is 15.5. The van der Waals surface area contributed by atoms with Crippen LogP contribution in [0.4, 0.5) is 15.8 Å². The van der Waals surface area contributed by atoms with Crippen LogP contribution in [0.1, 0.15) is 18.5 Å². The summed E-state index contributed by atoms with van der Waals surface area (Å²) in [4.78, 5) is 10.5. The minimum absolute atomic E-state index is 0.00626. The van der Waals surface area contributed by atoms with Gasteiger partial charge in [-0.05, 0) is 36.8 Å². The van der Waals surface area contributed by atoms with E-state index in [1.165, 1.54) is 24.3 Å². The summed E-state index contributed by atoms with van der Waals surface area (Å²) in [6.07, 6.45) is 0. The average Bonchev–Trinajstić information content (AvgIpc) is 2.43. The summed E-state index contributed by atoms with van der Waals surface area (Å²) < 4.78 is 13.1. The molecule has 1 unspecified atom stereocenters. The Hall–Kier alpha value is -1.85. The van der Waals surface area contributed by atoms with E-state index in [4.69, 9.17) is 23.2 Å². The molecule has 0 spiro atoms. The number of halogens is 3. The van der Waals surface area contributed by atoms with Gasteiger partial charge in [-0.3, -0.25) is 10.1 Å². The second kappa shape index (κ2) is 6.28. The molecule has 0 bridgehead atoms. The summed E-state index contributed by atoms with van der Waals surface area (Å²) in [7, 11) is 0. The summed E-state index contributed by atoms with van der Waals surface area (Å²) in [5.74, 6) is -0.509. The predicted octanol–water partition coefficient (Wildman–Crippen LogP) is 5.21. The van der Waals surface area contributed by atoms with E-state index in [2.05, 4.69) is 5.32 Å². The van der Waals surface area contributed by atoms with Crippen molar-refractivity contribution in [2.75, 3.05) is 5.32 Å². The van der Waals surface area contributed by atoms with Crippen LogP contribution in [-0.4, -0.2) is 4.92 Å². The van der Waals surface area contributed by atoms with E-state index >= 15 is 0 Å². The molecule has 7 heteroatoms. The molecule has 110 valence electrons. The van der Waals surface area contributed by atoms with Gasteiger partial charge < -0.3 is 5.32 Å². The highest BCUT2D eigenvalue weighted by molar-refractivity contribution is 6.31. The van der Waals surface area contributed by atoms with Gasteiger partial charge in [0.15, 0.2) is 0 Å². The number of benzene rings is 2. The molecule has 4 nitrogen and oxygen atoms in total. The summed E-state index contributed by atoms with van der Waals surface area (Å²) in [6, 6.07) is 8.38. The molecule has 0 aliphatic rings. The maximum atomic E-state index is 13.1. The van der Waals surface area contributed by atoms with Gasteiger partial charge in [0, 0.05) is 17.1 Å². The lowest BCUT2D eigenvalue weighted by molar-refractivity contribution is -0.384. The maximum Gasteiger partial charge on any atom is 0.293 e. The first-order valence-electron chi connectivity index (χ1n) is 6.04. The van der Waals surface area contributed by atoms with E-state index in [-0.39, 0.29) is 21.8 Å². The van der Waals surface area contributed by atoms with Gasteiger partial charge >= 0.3 is 0 Å². The molecule has 1 atom stereocenters. The third-order valence-electron chi connectivity index (χ3n) is 2.97. The molecule has 0 aromatic heterocycles. The number of rotatable bonds is 4. The van der Waals surface area contributed by atoms with E-state index in [9.17, 15) is 14.5 Å². The van der Waals surface area contributed by atoms with Gasteiger partial charge in [0.25, 0.3) is 5.69 Å². The van der Waals surface area contributed by atoms with Gasteiger partial charge in [-0.1, -0.05) is 29.3 Å². The lowest BCUT2D eigenvalue weighted by Crippen LogP contribution is -2.08. The van der Waals surface area contributed by atoms with E-state index in [1.807, 2.05) is 0 Å². The van der Waals surface area contributed by atoms with Crippen molar-refractivity contribution in [3.63, 3.8) is 0 Å². The van der Waals surface area contributed by atoms with Gasteiger partial charge in [-0.15, -0.1) is 0 Å². The van der Waals surface area contributed by atoms with Crippen molar-refractivity contribution in [3.05, 3.63) is 67.9 Å². The van der Waals surface area contributed by atoms with Crippen LogP contribution in [0.5, 0.6) is 0 Å². The largest absolute Gasteiger partial charge is 0.373 e. The number of hydrogen-bond acceptors (Lipinski definition) is 3. The smallest absolute Gasteiger partial charge is 0.293 e. The molecule has 0 aliphatic carbocycles. The highest BCUT2D eigenvalue weighted by atomic mass is 35.5. The fourth-order valence-electron chi connectivity index (χ4n) is 1.88. The zero-order valence-electron chi connectivity index (χ0n) is 10.9. The Balaban J connectivity index is 2.29. The number of nitro benzene ring substituents is 1. The van der Waals surface area contributed by atoms with Crippen LogP contribution in [0.25, 0.3) is 0 Å². The zero-order valence-corrected chi connectivity index (χ0v) is 12.5. The summed E-state index contributed by atoms with van der Waals surface area (Å²) in [5.41, 5.74) is 0.922. The third-order valence-corrected chi connectivity index (χ3v) is 3.50. The first-order chi connectivity index (χ1) is 9.88. The van der Waals surface area contributed by atoms with Crippen molar-refractivity contribution in [1.29, 1.82) is 0 Å². The number of anilines is 1.